The van der Waals surface area contributed by atoms with E-state index in [2.05, 4.69) is 24.2 Å². The van der Waals surface area contributed by atoms with Crippen LogP contribution in [0.1, 0.15) is 76.7 Å². The molecule has 5 rings (SSSR count). The summed E-state index contributed by atoms with van der Waals surface area (Å²) in [4.78, 5) is 0. The molecule has 176 valence electrons. The van der Waals surface area contributed by atoms with Gasteiger partial charge >= 0.3 is 0 Å². The number of nitrogens with zero attached hydrogens (tertiary/aromatic N) is 2. The number of hydrogen-bond acceptors (Lipinski definition) is 4. The van der Waals surface area contributed by atoms with Gasteiger partial charge in [-0.05, 0) is 111 Å². The van der Waals surface area contributed by atoms with Crippen LogP contribution in [0.5, 0.6) is 0 Å². The zero-order valence-corrected chi connectivity index (χ0v) is 20.1. The van der Waals surface area contributed by atoms with Crippen molar-refractivity contribution in [2.24, 2.45) is 40.2 Å². The summed E-state index contributed by atoms with van der Waals surface area (Å²) in [6.07, 6.45) is 8.45. The third-order valence-electron chi connectivity index (χ3n) is 10.0. The van der Waals surface area contributed by atoms with Gasteiger partial charge in [-0.3, -0.25) is 0 Å². The van der Waals surface area contributed by atoms with Crippen LogP contribution in [-0.4, -0.2) is 35.7 Å². The van der Waals surface area contributed by atoms with Gasteiger partial charge in [-0.2, -0.15) is 0 Å². The van der Waals surface area contributed by atoms with Crippen LogP contribution in [0.15, 0.2) is 29.4 Å². The lowest BCUT2D eigenvalue weighted by Gasteiger charge is -2.59. The van der Waals surface area contributed by atoms with Gasteiger partial charge in [0.2, 0.25) is 0 Å². The molecule has 2 N–H and O–H groups in total. The minimum Gasteiger partial charge on any atom is -0.628 e. The first kappa shape index (κ1) is 22.4. The van der Waals surface area contributed by atoms with Crippen LogP contribution in [0.3, 0.4) is 0 Å². The fraction of sp³-hybridized carbons (Fsp3) is 0.741. The molecule has 1 aromatic carbocycles. The summed E-state index contributed by atoms with van der Waals surface area (Å²) in [5, 5.41) is 36.8. The van der Waals surface area contributed by atoms with E-state index in [1.54, 1.807) is 14.1 Å². The highest BCUT2D eigenvalue weighted by Gasteiger charge is 2.60. The molecular formula is C27H40N2O3. The first-order valence-corrected chi connectivity index (χ1v) is 12.6. The number of fused-ring (bicyclic) bond motifs is 5. The van der Waals surface area contributed by atoms with Crippen molar-refractivity contribution in [2.75, 3.05) is 14.1 Å². The predicted molar refractivity (Wildman–Crippen MR) is 129 cm³/mol. The minimum absolute atomic E-state index is 0.0415. The Hall–Kier alpha value is -1.43. The Morgan fingerprint density at radius 2 is 1.72 bits per heavy atom. The van der Waals surface area contributed by atoms with Gasteiger partial charge in [0.1, 0.15) is 5.69 Å². The minimum atomic E-state index is -0.518. The molecule has 4 saturated carbocycles. The van der Waals surface area contributed by atoms with E-state index < -0.39 is 10.2 Å². The van der Waals surface area contributed by atoms with Gasteiger partial charge in [-0.25, -0.2) is 0 Å². The van der Waals surface area contributed by atoms with E-state index in [1.165, 1.54) is 18.4 Å². The summed E-state index contributed by atoms with van der Waals surface area (Å²) >= 11 is 0. The number of aliphatic hydroxyl groups is 1. The average molecular weight is 441 g/mol. The quantitative estimate of drug-likeness (QED) is 0.353. The molecular weight excluding hydrogens is 400 g/mol. The maximum Gasteiger partial charge on any atom is 0.132 e. The number of benzene rings is 1. The first-order valence-electron chi connectivity index (χ1n) is 12.6. The van der Waals surface area contributed by atoms with Crippen LogP contribution >= 0.6 is 0 Å². The maximum atomic E-state index is 12.4. The van der Waals surface area contributed by atoms with E-state index in [0.717, 1.165) is 49.9 Å². The Labute approximate surface area is 192 Å². The van der Waals surface area contributed by atoms with Crippen LogP contribution in [0.25, 0.3) is 0 Å². The van der Waals surface area contributed by atoms with Crippen molar-refractivity contribution in [2.45, 2.75) is 76.7 Å². The number of quaternary nitrogens is 1. The molecule has 4 aliphatic carbocycles. The summed E-state index contributed by atoms with van der Waals surface area (Å²) < 4.78 is -0.419. The smallest absolute Gasteiger partial charge is 0.132 e. The zero-order valence-electron chi connectivity index (χ0n) is 20.1. The maximum absolute atomic E-state index is 12.4. The van der Waals surface area contributed by atoms with E-state index in [9.17, 15) is 15.5 Å². The van der Waals surface area contributed by atoms with Gasteiger partial charge in [0.15, 0.2) is 0 Å². The summed E-state index contributed by atoms with van der Waals surface area (Å²) in [7, 11) is 3.33. The number of hydroxylamine groups is 2. The monoisotopic (exact) mass is 440 g/mol. The lowest BCUT2D eigenvalue weighted by Crippen LogP contribution is -2.53. The van der Waals surface area contributed by atoms with E-state index in [0.29, 0.717) is 35.5 Å². The number of hydrogen-bond donors (Lipinski definition) is 2. The summed E-state index contributed by atoms with van der Waals surface area (Å²) in [6, 6.07) is 8.39. The second-order valence-electron chi connectivity index (χ2n) is 12.3. The van der Waals surface area contributed by atoms with Crippen LogP contribution in [0.2, 0.25) is 0 Å². The van der Waals surface area contributed by atoms with E-state index >= 15 is 0 Å². The van der Waals surface area contributed by atoms with Gasteiger partial charge < -0.3 is 20.2 Å². The molecule has 32 heavy (non-hydrogen) atoms. The Balaban J connectivity index is 1.55. The molecule has 0 aromatic heterocycles. The van der Waals surface area contributed by atoms with Crippen molar-refractivity contribution >= 4 is 11.4 Å². The third kappa shape index (κ3) is 3.52. The molecule has 8 atom stereocenters. The van der Waals surface area contributed by atoms with E-state index in [4.69, 9.17) is 0 Å². The molecule has 4 aliphatic rings. The molecule has 3 unspecified atom stereocenters. The molecule has 0 radical (unpaired) electrons. The van der Waals surface area contributed by atoms with Gasteiger partial charge in [0.25, 0.3) is 0 Å². The lowest BCUT2D eigenvalue weighted by molar-refractivity contribution is -0.0956. The third-order valence-corrected chi connectivity index (χ3v) is 10.0. The van der Waals surface area contributed by atoms with Gasteiger partial charge in [-0.1, -0.05) is 24.2 Å². The van der Waals surface area contributed by atoms with Crippen molar-refractivity contribution in [3.63, 3.8) is 0 Å². The van der Waals surface area contributed by atoms with Crippen LogP contribution < -0.4 is 4.65 Å². The van der Waals surface area contributed by atoms with E-state index in [1.807, 2.05) is 19.1 Å². The SMILES string of the molecule is C[C@@]1(O)CC[C@@H]2C3C(CC[C@H]2C1)C1CC/C(=N/O)[C@@]1(C)C[C@@H]3c1ccc([N+](C)(C)[O-])cc1. The summed E-state index contributed by atoms with van der Waals surface area (Å²) in [6.45, 7) is 4.36. The fourth-order valence-electron chi connectivity index (χ4n) is 8.58. The van der Waals surface area contributed by atoms with Crippen LogP contribution in [0.4, 0.5) is 5.69 Å². The number of rotatable bonds is 2. The Morgan fingerprint density at radius 1 is 1.00 bits per heavy atom. The Morgan fingerprint density at radius 3 is 2.38 bits per heavy atom. The van der Waals surface area contributed by atoms with Gasteiger partial charge in [0.05, 0.1) is 25.4 Å². The van der Waals surface area contributed by atoms with Gasteiger partial charge in [-0.15, -0.1) is 0 Å². The largest absolute Gasteiger partial charge is 0.628 e. The molecule has 0 amide bonds. The van der Waals surface area contributed by atoms with Crippen molar-refractivity contribution in [1.29, 1.82) is 0 Å². The number of oxime groups is 1. The molecule has 0 heterocycles. The highest BCUT2D eigenvalue weighted by molar-refractivity contribution is 5.92. The van der Waals surface area contributed by atoms with Crippen molar-refractivity contribution in [3.05, 3.63) is 35.0 Å². The topological polar surface area (TPSA) is 75.9 Å². The fourth-order valence-corrected chi connectivity index (χ4v) is 8.58. The van der Waals surface area contributed by atoms with Crippen molar-refractivity contribution < 1.29 is 10.3 Å². The van der Waals surface area contributed by atoms with Crippen molar-refractivity contribution in [1.82, 2.24) is 4.65 Å². The Bertz CT molecular complexity index is 887. The molecule has 1 aromatic rings. The zero-order chi connectivity index (χ0) is 22.9. The standard InChI is InChI=1S/C27H40N2O3/c1-26(30)14-13-20-18(15-26)7-10-21-23-11-12-24(28-31)27(23,2)16-22(25(20)21)17-5-8-19(9-6-17)29(3,4)32/h5-6,8-9,18,20-23,25,30-31H,7,10-16H2,1-4H3/b28-24-/t18-,20-,21?,22+,23?,25?,26+,27-/m0/s1. The first-order chi connectivity index (χ1) is 15.0. The molecule has 0 aliphatic heterocycles. The second kappa shape index (κ2) is 7.54. The molecule has 0 bridgehead atoms. The Kier molecular flexibility index (Phi) is 5.27. The normalized spacial score (nSPS) is 45.2. The van der Waals surface area contributed by atoms with Gasteiger partial charge in [0, 0.05) is 5.41 Å². The van der Waals surface area contributed by atoms with E-state index in [-0.39, 0.29) is 5.41 Å². The molecule has 0 spiro atoms. The molecule has 5 heteroatoms. The molecule has 0 saturated heterocycles. The molecule has 5 nitrogen and oxygen atoms in total. The second-order valence-corrected chi connectivity index (χ2v) is 12.3. The van der Waals surface area contributed by atoms with Crippen LogP contribution in [0, 0.1) is 40.2 Å². The summed E-state index contributed by atoms with van der Waals surface area (Å²) in [5.74, 6) is 3.52. The molecule has 4 fully saturated rings. The van der Waals surface area contributed by atoms with Crippen LogP contribution in [-0.2, 0) is 0 Å². The lowest BCUT2D eigenvalue weighted by atomic mass is 9.46. The average Bonchev–Trinajstić information content (AvgIpc) is 3.07. The summed E-state index contributed by atoms with van der Waals surface area (Å²) in [5.41, 5.74) is 2.54. The predicted octanol–water partition coefficient (Wildman–Crippen LogP) is 5.68. The highest BCUT2D eigenvalue weighted by atomic mass is 16.5. The highest BCUT2D eigenvalue weighted by Crippen LogP contribution is 2.65. The van der Waals surface area contributed by atoms with Crippen molar-refractivity contribution in [3.8, 4) is 0 Å².